The first-order valence-corrected chi connectivity index (χ1v) is 25.5. The molecular formula is C65H64BN3. The van der Waals surface area contributed by atoms with Crippen LogP contribution in [-0.4, -0.2) is 12.3 Å². The van der Waals surface area contributed by atoms with E-state index in [-0.39, 0.29) is 28.5 Å². The van der Waals surface area contributed by atoms with Crippen molar-refractivity contribution in [1.82, 2.24) is 0 Å². The van der Waals surface area contributed by atoms with Crippen molar-refractivity contribution in [1.29, 1.82) is 0 Å². The SMILES string of the molecule is CC(C)(C)c1ccc(N2c3ccc(C(C)(C)C)cc3B3c4cc(-c5ccccc5)ccc4N(c4ccc(-c5ccccc5)cc4)c4cc(N5c6ccccc6C6(C)CCCCCC56C)cc2c43)cc1. The lowest BCUT2D eigenvalue weighted by atomic mass is 9.33. The largest absolute Gasteiger partial charge is 0.334 e. The second-order valence-corrected chi connectivity index (χ2v) is 22.9. The molecule has 342 valence electrons. The Morgan fingerprint density at radius 2 is 0.899 bits per heavy atom. The van der Waals surface area contributed by atoms with Crippen LogP contribution >= 0.6 is 0 Å². The van der Waals surface area contributed by atoms with Gasteiger partial charge in [0.2, 0.25) is 0 Å². The van der Waals surface area contributed by atoms with E-state index in [4.69, 9.17) is 0 Å². The molecule has 0 amide bonds. The quantitative estimate of drug-likeness (QED) is 0.159. The van der Waals surface area contributed by atoms with Crippen LogP contribution in [0.5, 0.6) is 0 Å². The highest BCUT2D eigenvalue weighted by atomic mass is 15.3. The minimum Gasteiger partial charge on any atom is -0.334 e. The Balaban J connectivity index is 1.19. The second kappa shape index (κ2) is 15.9. The molecule has 8 aromatic carbocycles. The molecular weight excluding hydrogens is 834 g/mol. The van der Waals surface area contributed by atoms with Crippen molar-refractivity contribution in [3.63, 3.8) is 0 Å². The maximum absolute atomic E-state index is 2.79. The first-order chi connectivity index (χ1) is 33.2. The Morgan fingerprint density at radius 1 is 0.406 bits per heavy atom. The minimum atomic E-state index is -0.125. The lowest BCUT2D eigenvalue weighted by Gasteiger charge is -2.48. The number of anilines is 8. The maximum atomic E-state index is 2.79. The fraction of sp³-hybridized carbons (Fsp3) is 0.262. The van der Waals surface area contributed by atoms with Gasteiger partial charge in [-0.2, -0.15) is 0 Å². The number of rotatable bonds is 5. The lowest BCUT2D eigenvalue weighted by molar-refractivity contribution is 0.261. The first-order valence-electron chi connectivity index (χ1n) is 25.5. The van der Waals surface area contributed by atoms with Crippen LogP contribution in [0.1, 0.15) is 104 Å². The van der Waals surface area contributed by atoms with Crippen molar-refractivity contribution >= 4 is 68.6 Å². The highest BCUT2D eigenvalue weighted by Gasteiger charge is 2.57. The molecule has 3 heterocycles. The zero-order valence-corrected chi connectivity index (χ0v) is 41.8. The molecule has 1 aliphatic carbocycles. The van der Waals surface area contributed by atoms with E-state index in [0.29, 0.717) is 0 Å². The summed E-state index contributed by atoms with van der Waals surface area (Å²) in [5.74, 6) is 0. The molecule has 8 aromatic rings. The Bertz CT molecular complexity index is 3250. The van der Waals surface area contributed by atoms with Crippen molar-refractivity contribution in [2.24, 2.45) is 0 Å². The molecule has 1 fully saturated rings. The first kappa shape index (κ1) is 43.5. The Labute approximate surface area is 411 Å². The van der Waals surface area contributed by atoms with Crippen molar-refractivity contribution in [3.8, 4) is 22.3 Å². The van der Waals surface area contributed by atoms with E-state index in [1.54, 1.807) is 0 Å². The van der Waals surface area contributed by atoms with Crippen molar-refractivity contribution in [3.05, 3.63) is 199 Å². The molecule has 2 atom stereocenters. The van der Waals surface area contributed by atoms with Crippen LogP contribution in [0, 0.1) is 0 Å². The van der Waals surface area contributed by atoms with Gasteiger partial charge in [0.15, 0.2) is 0 Å². The standard InChI is InChI=1S/C65H64BN3/c1-62(2,3)48-29-34-51(35-30-48)68-58-37-31-49(63(4,5)6)41-55(58)66-54-40-47(45-22-14-10-15-23-45)28-36-57(54)67(50-32-26-46(27-33-50)44-20-12-9-13-21-44)59-42-52(43-60(68)61(59)66)69-56-25-17-16-24-53(56)64(7)38-18-11-19-39-65(64,69)8/h9-10,12-17,20-37,40-43H,11,18-19,38-39H2,1-8H3. The number of para-hydroxylation sites is 1. The number of fused-ring (bicyclic) bond motifs is 7. The van der Waals surface area contributed by atoms with E-state index in [1.165, 1.54) is 121 Å². The van der Waals surface area contributed by atoms with E-state index in [0.717, 1.165) is 12.1 Å². The van der Waals surface area contributed by atoms with Gasteiger partial charge in [-0.05, 0) is 141 Å². The molecule has 12 rings (SSSR count). The molecule has 0 radical (unpaired) electrons. The smallest absolute Gasteiger partial charge is 0.252 e. The summed E-state index contributed by atoms with van der Waals surface area (Å²) < 4.78 is 0. The summed E-state index contributed by atoms with van der Waals surface area (Å²) >= 11 is 0. The monoisotopic (exact) mass is 898 g/mol. The summed E-state index contributed by atoms with van der Waals surface area (Å²) in [5.41, 5.74) is 22.9. The molecule has 0 saturated heterocycles. The third kappa shape index (κ3) is 6.84. The number of hydrogen-bond donors (Lipinski definition) is 0. The summed E-state index contributed by atoms with van der Waals surface area (Å²) in [4.78, 5) is 8.02. The normalized spacial score (nSPS) is 19.3. The highest BCUT2D eigenvalue weighted by molar-refractivity contribution is 7.00. The number of nitrogens with zero attached hydrogens (tertiary/aromatic N) is 3. The van der Waals surface area contributed by atoms with E-state index in [2.05, 4.69) is 252 Å². The molecule has 1 saturated carbocycles. The Kier molecular flexibility index (Phi) is 10.0. The van der Waals surface area contributed by atoms with Gasteiger partial charge in [0.05, 0.1) is 5.54 Å². The van der Waals surface area contributed by atoms with Gasteiger partial charge in [0, 0.05) is 50.9 Å². The summed E-state index contributed by atoms with van der Waals surface area (Å²) in [6.07, 6.45) is 6.08. The minimum absolute atomic E-state index is 0.00158. The lowest BCUT2D eigenvalue weighted by Crippen LogP contribution is -2.61. The van der Waals surface area contributed by atoms with Crippen LogP contribution in [0.25, 0.3) is 22.3 Å². The van der Waals surface area contributed by atoms with Crippen LogP contribution < -0.4 is 31.1 Å². The number of benzene rings is 8. The van der Waals surface area contributed by atoms with E-state index < -0.39 is 0 Å². The third-order valence-electron chi connectivity index (χ3n) is 16.8. The van der Waals surface area contributed by atoms with Gasteiger partial charge in [0.1, 0.15) is 0 Å². The molecule has 0 bridgehead atoms. The van der Waals surface area contributed by atoms with Gasteiger partial charge in [-0.3, -0.25) is 0 Å². The van der Waals surface area contributed by atoms with Gasteiger partial charge in [-0.25, -0.2) is 0 Å². The van der Waals surface area contributed by atoms with Crippen LogP contribution in [0.2, 0.25) is 0 Å². The Hall–Kier alpha value is -6.78. The molecule has 69 heavy (non-hydrogen) atoms. The zero-order valence-electron chi connectivity index (χ0n) is 41.8. The Morgan fingerprint density at radius 3 is 1.52 bits per heavy atom. The average Bonchev–Trinajstić information content (AvgIpc) is 3.42. The van der Waals surface area contributed by atoms with Gasteiger partial charge in [-0.1, -0.05) is 195 Å². The van der Waals surface area contributed by atoms with E-state index in [1.807, 2.05) is 0 Å². The maximum Gasteiger partial charge on any atom is 0.252 e. The molecule has 2 unspecified atom stereocenters. The van der Waals surface area contributed by atoms with E-state index >= 15 is 0 Å². The summed E-state index contributed by atoms with van der Waals surface area (Å²) in [6, 6.07) is 69.7. The fourth-order valence-electron chi connectivity index (χ4n) is 12.8. The van der Waals surface area contributed by atoms with Crippen molar-refractivity contribution < 1.29 is 0 Å². The zero-order chi connectivity index (χ0) is 47.5. The average molecular weight is 898 g/mol. The van der Waals surface area contributed by atoms with Crippen LogP contribution in [0.15, 0.2) is 182 Å². The molecule has 3 nitrogen and oxygen atoms in total. The molecule has 4 heteroatoms. The van der Waals surface area contributed by atoms with Gasteiger partial charge in [-0.15, -0.1) is 0 Å². The van der Waals surface area contributed by atoms with Gasteiger partial charge >= 0.3 is 0 Å². The predicted molar refractivity (Wildman–Crippen MR) is 296 cm³/mol. The van der Waals surface area contributed by atoms with Crippen molar-refractivity contribution in [2.75, 3.05) is 14.7 Å². The van der Waals surface area contributed by atoms with Gasteiger partial charge in [0.25, 0.3) is 6.71 Å². The third-order valence-corrected chi connectivity index (χ3v) is 16.8. The van der Waals surface area contributed by atoms with Crippen molar-refractivity contribution in [2.45, 2.75) is 109 Å². The summed E-state index contributed by atoms with van der Waals surface area (Å²) in [6.45, 7) is 19.1. The second-order valence-electron chi connectivity index (χ2n) is 22.9. The summed E-state index contributed by atoms with van der Waals surface area (Å²) in [7, 11) is 0. The van der Waals surface area contributed by atoms with Crippen LogP contribution in [-0.2, 0) is 16.2 Å². The van der Waals surface area contributed by atoms with Crippen LogP contribution in [0.4, 0.5) is 45.5 Å². The molecule has 4 aliphatic rings. The highest BCUT2D eigenvalue weighted by Crippen LogP contribution is 2.61. The molecule has 0 N–H and O–H groups in total. The molecule has 0 aromatic heterocycles. The summed E-state index contributed by atoms with van der Waals surface area (Å²) in [5, 5.41) is 0. The van der Waals surface area contributed by atoms with Crippen LogP contribution in [0.3, 0.4) is 0 Å². The van der Waals surface area contributed by atoms with E-state index in [9.17, 15) is 0 Å². The molecule has 0 spiro atoms. The van der Waals surface area contributed by atoms with Gasteiger partial charge < -0.3 is 14.7 Å². The molecule has 3 aliphatic heterocycles. The predicted octanol–water partition coefficient (Wildman–Crippen LogP) is 15.8. The topological polar surface area (TPSA) is 9.72 Å². The number of hydrogen-bond acceptors (Lipinski definition) is 3. The fourth-order valence-corrected chi connectivity index (χ4v) is 12.8.